The van der Waals surface area contributed by atoms with Gasteiger partial charge < -0.3 is 5.73 Å². The Morgan fingerprint density at radius 2 is 2.16 bits per heavy atom. The van der Waals surface area contributed by atoms with E-state index in [-0.39, 0.29) is 0 Å². The van der Waals surface area contributed by atoms with E-state index in [9.17, 15) is 0 Å². The minimum Gasteiger partial charge on any atom is -0.399 e. The van der Waals surface area contributed by atoms with Gasteiger partial charge in [-0.2, -0.15) is 5.10 Å². The molecule has 0 aliphatic heterocycles. The molecular formula is C14H21N5. The molecule has 0 unspecified atom stereocenters. The van der Waals surface area contributed by atoms with Crippen LogP contribution in [-0.2, 0) is 19.6 Å². The number of nitrogens with two attached hydrogens (primary N) is 1. The number of aromatic nitrogens is 3. The van der Waals surface area contributed by atoms with Gasteiger partial charge in [-0.05, 0) is 31.2 Å². The molecule has 1 aromatic carbocycles. The molecule has 5 heteroatoms. The second-order valence-corrected chi connectivity index (χ2v) is 4.82. The molecule has 2 aromatic rings. The lowest BCUT2D eigenvalue weighted by molar-refractivity contribution is 0.302. The minimum absolute atomic E-state index is 0.787. The molecule has 0 spiro atoms. The van der Waals surface area contributed by atoms with Gasteiger partial charge in [0.1, 0.15) is 12.2 Å². The maximum atomic E-state index is 5.79. The molecule has 2 rings (SSSR count). The highest BCUT2D eigenvalue weighted by atomic mass is 15.3. The van der Waals surface area contributed by atoms with Crippen LogP contribution >= 0.6 is 0 Å². The van der Waals surface area contributed by atoms with Gasteiger partial charge >= 0.3 is 0 Å². The molecule has 1 aromatic heterocycles. The molecule has 0 radical (unpaired) electrons. The Morgan fingerprint density at radius 1 is 1.32 bits per heavy atom. The van der Waals surface area contributed by atoms with Crippen molar-refractivity contribution < 1.29 is 0 Å². The number of aryl methyl sites for hydroxylation is 1. The number of hydrogen-bond acceptors (Lipinski definition) is 4. The summed E-state index contributed by atoms with van der Waals surface area (Å²) in [5.41, 5.74) is 7.81. The van der Waals surface area contributed by atoms with Crippen molar-refractivity contribution in [2.24, 2.45) is 0 Å². The van der Waals surface area contributed by atoms with E-state index in [4.69, 9.17) is 5.73 Å². The van der Waals surface area contributed by atoms with Crippen LogP contribution in [0.3, 0.4) is 0 Å². The van der Waals surface area contributed by atoms with Gasteiger partial charge in [0.2, 0.25) is 0 Å². The summed E-state index contributed by atoms with van der Waals surface area (Å²) in [5, 5.41) is 4.24. The first kappa shape index (κ1) is 13.5. The Labute approximate surface area is 114 Å². The third kappa shape index (κ3) is 3.79. The molecule has 5 nitrogen and oxygen atoms in total. The molecule has 0 amide bonds. The lowest BCUT2D eigenvalue weighted by Crippen LogP contribution is -2.20. The SMILES string of the molecule is CCCn1ncnc1CN(C)Cc1cccc(N)c1. The first-order chi connectivity index (χ1) is 9.19. The van der Waals surface area contributed by atoms with E-state index in [0.717, 1.165) is 37.6 Å². The molecule has 102 valence electrons. The molecule has 19 heavy (non-hydrogen) atoms. The van der Waals surface area contributed by atoms with Gasteiger partial charge in [-0.1, -0.05) is 19.1 Å². The highest BCUT2D eigenvalue weighted by molar-refractivity contribution is 5.40. The van der Waals surface area contributed by atoms with Gasteiger partial charge in [0.05, 0.1) is 6.54 Å². The summed E-state index contributed by atoms with van der Waals surface area (Å²) in [5.74, 6) is 1.01. The largest absolute Gasteiger partial charge is 0.399 e. The van der Waals surface area contributed by atoms with Gasteiger partial charge in [0.15, 0.2) is 0 Å². The van der Waals surface area contributed by atoms with E-state index in [1.54, 1.807) is 6.33 Å². The zero-order valence-electron chi connectivity index (χ0n) is 11.6. The van der Waals surface area contributed by atoms with Crippen LogP contribution in [0.25, 0.3) is 0 Å². The molecular weight excluding hydrogens is 238 g/mol. The Balaban J connectivity index is 1.97. The summed E-state index contributed by atoms with van der Waals surface area (Å²) < 4.78 is 1.97. The summed E-state index contributed by atoms with van der Waals surface area (Å²) in [4.78, 5) is 6.53. The first-order valence-electron chi connectivity index (χ1n) is 6.58. The standard InChI is InChI=1S/C14H21N5/c1-3-7-19-14(16-11-17-19)10-18(2)9-12-5-4-6-13(15)8-12/h4-6,8,11H,3,7,9-10,15H2,1-2H3. The summed E-state index contributed by atoms with van der Waals surface area (Å²) in [7, 11) is 2.08. The fourth-order valence-electron chi connectivity index (χ4n) is 2.11. The van der Waals surface area contributed by atoms with Gasteiger partial charge in [-0.15, -0.1) is 0 Å². The summed E-state index contributed by atoms with van der Waals surface area (Å²) in [6, 6.07) is 7.98. The fraction of sp³-hybridized carbons (Fsp3) is 0.429. The fourth-order valence-corrected chi connectivity index (χ4v) is 2.11. The van der Waals surface area contributed by atoms with Crippen molar-refractivity contribution in [2.45, 2.75) is 33.0 Å². The highest BCUT2D eigenvalue weighted by Gasteiger charge is 2.07. The lowest BCUT2D eigenvalue weighted by Gasteiger charge is -2.16. The van der Waals surface area contributed by atoms with Crippen molar-refractivity contribution in [2.75, 3.05) is 12.8 Å². The Morgan fingerprint density at radius 3 is 2.89 bits per heavy atom. The van der Waals surface area contributed by atoms with E-state index in [1.807, 2.05) is 22.9 Å². The van der Waals surface area contributed by atoms with Crippen LogP contribution in [0.2, 0.25) is 0 Å². The molecule has 0 atom stereocenters. The van der Waals surface area contributed by atoms with Crippen LogP contribution in [0.5, 0.6) is 0 Å². The van der Waals surface area contributed by atoms with Crippen molar-refractivity contribution in [3.8, 4) is 0 Å². The molecule has 0 aliphatic rings. The zero-order valence-corrected chi connectivity index (χ0v) is 11.6. The van der Waals surface area contributed by atoms with Crippen LogP contribution in [0, 0.1) is 0 Å². The lowest BCUT2D eigenvalue weighted by atomic mass is 10.2. The maximum absolute atomic E-state index is 5.79. The van der Waals surface area contributed by atoms with Crippen LogP contribution in [0.1, 0.15) is 24.7 Å². The average molecular weight is 259 g/mol. The van der Waals surface area contributed by atoms with Crippen molar-refractivity contribution in [3.05, 3.63) is 42.0 Å². The third-order valence-corrected chi connectivity index (χ3v) is 2.95. The second-order valence-electron chi connectivity index (χ2n) is 4.82. The Kier molecular flexibility index (Phi) is 4.52. The number of nitrogen functional groups attached to an aromatic ring is 1. The van der Waals surface area contributed by atoms with Crippen LogP contribution in [0.15, 0.2) is 30.6 Å². The van der Waals surface area contributed by atoms with E-state index in [1.165, 1.54) is 5.56 Å². The Hall–Kier alpha value is -1.88. The number of hydrogen-bond donors (Lipinski definition) is 1. The zero-order chi connectivity index (χ0) is 13.7. The highest BCUT2D eigenvalue weighted by Crippen LogP contribution is 2.10. The van der Waals surface area contributed by atoms with Crippen LogP contribution in [0.4, 0.5) is 5.69 Å². The van der Waals surface area contributed by atoms with E-state index >= 15 is 0 Å². The van der Waals surface area contributed by atoms with Crippen LogP contribution < -0.4 is 5.73 Å². The molecule has 0 saturated carbocycles. The van der Waals surface area contributed by atoms with Crippen molar-refractivity contribution in [1.29, 1.82) is 0 Å². The maximum Gasteiger partial charge on any atom is 0.141 e. The number of benzene rings is 1. The molecule has 2 N–H and O–H groups in total. The number of rotatable bonds is 6. The predicted octanol–water partition coefficient (Wildman–Crippen LogP) is 1.90. The van der Waals surface area contributed by atoms with Gasteiger partial charge in [-0.25, -0.2) is 9.67 Å². The third-order valence-electron chi connectivity index (χ3n) is 2.95. The van der Waals surface area contributed by atoms with Crippen molar-refractivity contribution in [3.63, 3.8) is 0 Å². The molecule has 0 bridgehead atoms. The molecule has 1 heterocycles. The molecule has 0 saturated heterocycles. The van der Waals surface area contributed by atoms with Gasteiger partial charge in [0.25, 0.3) is 0 Å². The average Bonchev–Trinajstić information content (AvgIpc) is 2.77. The number of nitrogens with zero attached hydrogens (tertiary/aromatic N) is 4. The predicted molar refractivity (Wildman–Crippen MR) is 76.3 cm³/mol. The normalized spacial score (nSPS) is 11.1. The van der Waals surface area contributed by atoms with Crippen molar-refractivity contribution in [1.82, 2.24) is 19.7 Å². The van der Waals surface area contributed by atoms with E-state index < -0.39 is 0 Å². The van der Waals surface area contributed by atoms with Gasteiger partial charge in [-0.3, -0.25) is 4.90 Å². The quantitative estimate of drug-likeness (QED) is 0.805. The summed E-state index contributed by atoms with van der Waals surface area (Å²) in [6.45, 7) is 4.70. The number of anilines is 1. The van der Waals surface area contributed by atoms with Crippen LogP contribution in [-0.4, -0.2) is 26.7 Å². The summed E-state index contributed by atoms with van der Waals surface area (Å²) >= 11 is 0. The van der Waals surface area contributed by atoms with Gasteiger partial charge in [0, 0.05) is 18.8 Å². The minimum atomic E-state index is 0.787. The monoisotopic (exact) mass is 259 g/mol. The summed E-state index contributed by atoms with van der Waals surface area (Å²) in [6.07, 6.45) is 2.69. The Bertz CT molecular complexity index is 520. The first-order valence-corrected chi connectivity index (χ1v) is 6.58. The smallest absolute Gasteiger partial charge is 0.141 e. The van der Waals surface area contributed by atoms with Crippen molar-refractivity contribution >= 4 is 5.69 Å². The topological polar surface area (TPSA) is 60.0 Å². The molecule has 0 aliphatic carbocycles. The van der Waals surface area contributed by atoms with E-state index in [2.05, 4.69) is 35.0 Å². The van der Waals surface area contributed by atoms with E-state index in [0.29, 0.717) is 0 Å². The second kappa shape index (κ2) is 6.33. The molecule has 0 fully saturated rings.